The zero-order valence-corrected chi connectivity index (χ0v) is 20.2. The van der Waals surface area contributed by atoms with E-state index in [4.69, 9.17) is 0 Å². The fraction of sp³-hybridized carbons (Fsp3) is 0.524. The Bertz CT molecular complexity index is 837. The highest BCUT2D eigenvalue weighted by Crippen LogP contribution is 2.30. The number of guanidine groups is 1. The van der Waals surface area contributed by atoms with Gasteiger partial charge in [0.25, 0.3) is 0 Å². The fourth-order valence-corrected chi connectivity index (χ4v) is 3.76. The van der Waals surface area contributed by atoms with Gasteiger partial charge >= 0.3 is 6.18 Å². The van der Waals surface area contributed by atoms with Crippen LogP contribution in [0.4, 0.5) is 13.2 Å². The molecule has 0 saturated carbocycles. The highest BCUT2D eigenvalue weighted by molar-refractivity contribution is 14.0. The molecule has 31 heavy (non-hydrogen) atoms. The van der Waals surface area contributed by atoms with Gasteiger partial charge < -0.3 is 10.6 Å². The maximum atomic E-state index is 13.1. The number of rotatable bonds is 7. The van der Waals surface area contributed by atoms with Gasteiger partial charge in [0.1, 0.15) is 0 Å². The lowest BCUT2D eigenvalue weighted by Crippen LogP contribution is -2.44. The number of hydrogen-bond donors (Lipinski definition) is 2. The van der Waals surface area contributed by atoms with Crippen LogP contribution in [0.2, 0.25) is 0 Å². The summed E-state index contributed by atoms with van der Waals surface area (Å²) >= 11 is 0. The number of benzene rings is 1. The van der Waals surface area contributed by atoms with Crippen molar-refractivity contribution in [2.24, 2.45) is 12.0 Å². The molecule has 2 heterocycles. The van der Waals surface area contributed by atoms with Gasteiger partial charge in [-0.1, -0.05) is 30.3 Å². The van der Waals surface area contributed by atoms with Crippen LogP contribution in [-0.4, -0.2) is 46.3 Å². The SMILES string of the molecule is CCNC(=NCc1cn(C)nc1C(F)(F)F)NCC1CCCN1Cc1ccccc1.I. The van der Waals surface area contributed by atoms with Crippen molar-refractivity contribution < 1.29 is 13.2 Å². The summed E-state index contributed by atoms with van der Waals surface area (Å²) in [6.45, 7) is 5.10. The van der Waals surface area contributed by atoms with Crippen LogP contribution in [0.3, 0.4) is 0 Å². The predicted octanol–water partition coefficient (Wildman–Crippen LogP) is 3.78. The van der Waals surface area contributed by atoms with Crippen LogP contribution in [0, 0.1) is 0 Å². The lowest BCUT2D eigenvalue weighted by atomic mass is 10.2. The molecule has 1 atom stereocenters. The molecule has 1 aliphatic rings. The first-order valence-electron chi connectivity index (χ1n) is 10.3. The summed E-state index contributed by atoms with van der Waals surface area (Å²) in [5.74, 6) is 0.515. The molecule has 172 valence electrons. The minimum absolute atomic E-state index is 0. The Morgan fingerprint density at radius 2 is 1.97 bits per heavy atom. The van der Waals surface area contributed by atoms with Gasteiger partial charge in [-0.15, -0.1) is 24.0 Å². The molecule has 1 aromatic carbocycles. The molecule has 3 rings (SSSR count). The van der Waals surface area contributed by atoms with E-state index < -0.39 is 11.9 Å². The van der Waals surface area contributed by atoms with Crippen LogP contribution < -0.4 is 10.6 Å². The molecule has 0 amide bonds. The van der Waals surface area contributed by atoms with Gasteiger partial charge in [0, 0.05) is 44.5 Å². The van der Waals surface area contributed by atoms with Gasteiger partial charge in [0.05, 0.1) is 6.54 Å². The molecule has 6 nitrogen and oxygen atoms in total. The van der Waals surface area contributed by atoms with E-state index in [1.165, 1.54) is 23.5 Å². The molecule has 0 radical (unpaired) electrons. The third kappa shape index (κ3) is 7.37. The largest absolute Gasteiger partial charge is 0.435 e. The number of nitrogens with zero attached hydrogens (tertiary/aromatic N) is 4. The lowest BCUT2D eigenvalue weighted by Gasteiger charge is -2.25. The number of likely N-dealkylation sites (tertiary alicyclic amines) is 1. The molecule has 1 aromatic heterocycles. The average Bonchev–Trinajstić information content (AvgIpc) is 3.30. The molecule has 10 heteroatoms. The van der Waals surface area contributed by atoms with Crippen molar-refractivity contribution >= 4 is 29.9 Å². The molecule has 0 bridgehead atoms. The second-order valence-electron chi connectivity index (χ2n) is 7.50. The average molecular weight is 550 g/mol. The first kappa shape index (κ1) is 25.4. The van der Waals surface area contributed by atoms with Crippen LogP contribution in [-0.2, 0) is 26.3 Å². The Balaban J connectivity index is 0.00000341. The second kappa shape index (κ2) is 11.7. The summed E-state index contributed by atoms with van der Waals surface area (Å²) in [7, 11) is 1.48. The van der Waals surface area contributed by atoms with E-state index in [-0.39, 0.29) is 36.1 Å². The number of aromatic nitrogens is 2. The van der Waals surface area contributed by atoms with E-state index >= 15 is 0 Å². The van der Waals surface area contributed by atoms with Gasteiger partial charge in [0.2, 0.25) is 0 Å². The lowest BCUT2D eigenvalue weighted by molar-refractivity contribution is -0.142. The highest BCUT2D eigenvalue weighted by atomic mass is 127. The third-order valence-electron chi connectivity index (χ3n) is 5.16. The highest BCUT2D eigenvalue weighted by Gasteiger charge is 2.36. The molecule has 1 unspecified atom stereocenters. The first-order chi connectivity index (χ1) is 14.4. The summed E-state index contributed by atoms with van der Waals surface area (Å²) in [5.41, 5.74) is 0.462. The normalized spacial score (nSPS) is 17.5. The Kier molecular flexibility index (Phi) is 9.60. The summed E-state index contributed by atoms with van der Waals surface area (Å²) < 4.78 is 40.6. The molecular weight excluding hydrogens is 520 g/mol. The Morgan fingerprint density at radius 3 is 2.65 bits per heavy atom. The van der Waals surface area contributed by atoms with Crippen molar-refractivity contribution in [3.05, 3.63) is 53.3 Å². The summed E-state index contributed by atoms with van der Waals surface area (Å²) in [5, 5.41) is 9.96. The smallest absolute Gasteiger partial charge is 0.357 e. The van der Waals surface area contributed by atoms with Gasteiger partial charge in [-0.25, -0.2) is 4.99 Å². The molecule has 2 aromatic rings. The van der Waals surface area contributed by atoms with Crippen molar-refractivity contribution in [3.63, 3.8) is 0 Å². The summed E-state index contributed by atoms with van der Waals surface area (Å²) in [4.78, 5) is 6.80. The molecule has 1 fully saturated rings. The van der Waals surface area contributed by atoms with Crippen LogP contribution in [0.15, 0.2) is 41.5 Å². The van der Waals surface area contributed by atoms with Gasteiger partial charge in [0.15, 0.2) is 11.7 Å². The number of aryl methyl sites for hydroxylation is 1. The van der Waals surface area contributed by atoms with Gasteiger partial charge in [-0.05, 0) is 31.9 Å². The monoisotopic (exact) mass is 550 g/mol. The molecule has 1 aliphatic heterocycles. The van der Waals surface area contributed by atoms with Crippen molar-refractivity contribution in [2.45, 2.75) is 45.1 Å². The van der Waals surface area contributed by atoms with E-state index in [0.29, 0.717) is 25.1 Å². The standard InChI is InChI=1S/C21H29F3N6.HI/c1-3-25-20(26-12-17-15-29(2)28-19(17)21(22,23)24)27-13-18-10-7-11-30(18)14-16-8-5-4-6-9-16;/h4-6,8-9,15,18H,3,7,10-14H2,1-2H3,(H2,25,26,27);1H. The van der Waals surface area contributed by atoms with Crippen molar-refractivity contribution in [1.29, 1.82) is 0 Å². The van der Waals surface area contributed by atoms with E-state index in [0.717, 1.165) is 25.9 Å². The maximum absolute atomic E-state index is 13.1. The van der Waals surface area contributed by atoms with E-state index in [1.54, 1.807) is 0 Å². The molecule has 0 spiro atoms. The van der Waals surface area contributed by atoms with Crippen LogP contribution >= 0.6 is 24.0 Å². The topological polar surface area (TPSA) is 57.5 Å². The zero-order valence-electron chi connectivity index (χ0n) is 17.8. The fourth-order valence-electron chi connectivity index (χ4n) is 3.76. The molecule has 2 N–H and O–H groups in total. The van der Waals surface area contributed by atoms with Gasteiger partial charge in [-0.2, -0.15) is 18.3 Å². The number of aliphatic imine (C=N–C) groups is 1. The first-order valence-corrected chi connectivity index (χ1v) is 10.3. The minimum Gasteiger partial charge on any atom is -0.357 e. The molecule has 1 saturated heterocycles. The van der Waals surface area contributed by atoms with Crippen LogP contribution in [0.5, 0.6) is 0 Å². The van der Waals surface area contributed by atoms with E-state index in [1.807, 2.05) is 25.1 Å². The van der Waals surface area contributed by atoms with E-state index in [2.05, 4.69) is 37.8 Å². The second-order valence-corrected chi connectivity index (χ2v) is 7.50. The Hall–Kier alpha value is -1.82. The van der Waals surface area contributed by atoms with Gasteiger partial charge in [-0.3, -0.25) is 9.58 Å². The van der Waals surface area contributed by atoms with Crippen molar-refractivity contribution in [2.75, 3.05) is 19.6 Å². The Morgan fingerprint density at radius 1 is 1.23 bits per heavy atom. The quantitative estimate of drug-likeness (QED) is 0.313. The molecule has 0 aliphatic carbocycles. The van der Waals surface area contributed by atoms with Crippen LogP contribution in [0.1, 0.15) is 36.6 Å². The summed E-state index contributed by atoms with van der Waals surface area (Å²) in [6, 6.07) is 10.7. The maximum Gasteiger partial charge on any atom is 0.435 e. The molecular formula is C21H30F3IN6. The van der Waals surface area contributed by atoms with Crippen LogP contribution in [0.25, 0.3) is 0 Å². The zero-order chi connectivity index (χ0) is 21.6. The predicted molar refractivity (Wildman–Crippen MR) is 126 cm³/mol. The summed E-state index contributed by atoms with van der Waals surface area (Å²) in [6.07, 6.45) is -0.897. The Labute approximate surface area is 198 Å². The minimum atomic E-state index is -4.49. The van der Waals surface area contributed by atoms with E-state index in [9.17, 15) is 13.2 Å². The number of nitrogens with one attached hydrogen (secondary N) is 2. The van der Waals surface area contributed by atoms with Crippen molar-refractivity contribution in [1.82, 2.24) is 25.3 Å². The number of hydrogen-bond acceptors (Lipinski definition) is 3. The van der Waals surface area contributed by atoms with Crippen molar-refractivity contribution in [3.8, 4) is 0 Å². The number of halogens is 4. The number of alkyl halides is 3. The third-order valence-corrected chi connectivity index (χ3v) is 5.16.